The smallest absolute Gasteiger partial charge is 0.193 e. The number of thiazole rings is 1. The van der Waals surface area contributed by atoms with Crippen LogP contribution in [0, 0.1) is 5.82 Å². The number of H-pyrrole nitrogens is 1. The fourth-order valence-electron chi connectivity index (χ4n) is 0.845. The summed E-state index contributed by atoms with van der Waals surface area (Å²) in [6.45, 7) is 0. The van der Waals surface area contributed by atoms with Gasteiger partial charge in [0.05, 0.1) is 10.4 Å². The average Bonchev–Trinajstić information content (AvgIpc) is 2.64. The summed E-state index contributed by atoms with van der Waals surface area (Å²) < 4.78 is 13.1. The van der Waals surface area contributed by atoms with E-state index in [1.165, 1.54) is 11.3 Å². The molecule has 0 amide bonds. The predicted octanol–water partition coefficient (Wildman–Crippen LogP) is 1.25. The third-order valence-electron chi connectivity index (χ3n) is 1.41. The Bertz CT molecular complexity index is 380. The van der Waals surface area contributed by atoms with Crippen LogP contribution in [0.5, 0.6) is 0 Å². The summed E-state index contributed by atoms with van der Waals surface area (Å²) in [6.07, 6.45) is 1.56. The molecule has 2 heterocycles. The number of nitrogens with two attached hydrogens (primary N) is 1. The molecule has 0 fully saturated rings. The largest absolute Gasteiger partial charge is 0.380 e. The van der Waals surface area contributed by atoms with Crippen LogP contribution in [0.25, 0.3) is 10.6 Å². The maximum absolute atomic E-state index is 13.1. The molecule has 0 radical (unpaired) electrons. The molecule has 2 rings (SSSR count). The molecule has 3 N–H and O–H groups in total. The van der Waals surface area contributed by atoms with Gasteiger partial charge in [0.2, 0.25) is 0 Å². The van der Waals surface area contributed by atoms with Crippen molar-refractivity contribution in [2.75, 3.05) is 5.73 Å². The summed E-state index contributed by atoms with van der Waals surface area (Å²) in [5, 5.41) is 6.03. The lowest BCUT2D eigenvalue weighted by atomic mass is 10.3. The molecule has 0 aliphatic rings. The van der Waals surface area contributed by atoms with E-state index in [9.17, 15) is 4.39 Å². The maximum atomic E-state index is 13.1. The first kappa shape index (κ1) is 7.23. The zero-order valence-electron chi connectivity index (χ0n) is 5.91. The van der Waals surface area contributed by atoms with Gasteiger partial charge in [-0.2, -0.15) is 5.10 Å². The van der Waals surface area contributed by atoms with Crippen molar-refractivity contribution in [3.63, 3.8) is 0 Å². The summed E-state index contributed by atoms with van der Waals surface area (Å²) in [5.41, 5.74) is 7.13. The second kappa shape index (κ2) is 2.56. The number of rotatable bonds is 1. The molecule has 0 bridgehead atoms. The zero-order valence-corrected chi connectivity index (χ0v) is 6.73. The number of nitrogens with one attached hydrogen (secondary N) is 1. The average molecular weight is 184 g/mol. The summed E-state index contributed by atoms with van der Waals surface area (Å²) in [5.74, 6) is -0.627. The molecule has 0 aliphatic carbocycles. The molecule has 2 aromatic rings. The molecule has 2 aromatic heterocycles. The summed E-state index contributed by atoms with van der Waals surface area (Å²) in [6, 6.07) is 0. The Hall–Kier alpha value is -1.43. The van der Waals surface area contributed by atoms with E-state index in [1.807, 2.05) is 0 Å². The Balaban J connectivity index is 2.55. The third-order valence-corrected chi connectivity index (χ3v) is 2.20. The van der Waals surface area contributed by atoms with Crippen LogP contribution in [0.4, 0.5) is 10.2 Å². The summed E-state index contributed by atoms with van der Waals surface area (Å²) >= 11 is 1.33. The summed E-state index contributed by atoms with van der Waals surface area (Å²) in [7, 11) is 0. The van der Waals surface area contributed by atoms with Crippen molar-refractivity contribution < 1.29 is 4.39 Å². The lowest BCUT2D eigenvalue weighted by molar-refractivity contribution is 0.637. The first-order valence-electron chi connectivity index (χ1n) is 3.17. The fourth-order valence-corrected chi connectivity index (χ4v) is 1.45. The fraction of sp³-hybridized carbons (Fsp3) is 0. The van der Waals surface area contributed by atoms with E-state index in [0.29, 0.717) is 10.6 Å². The second-order valence-electron chi connectivity index (χ2n) is 2.16. The Morgan fingerprint density at radius 3 is 2.92 bits per heavy atom. The van der Waals surface area contributed by atoms with E-state index in [4.69, 9.17) is 5.73 Å². The van der Waals surface area contributed by atoms with Crippen LogP contribution in [0.15, 0.2) is 11.7 Å². The second-order valence-corrected chi connectivity index (χ2v) is 3.05. The normalized spacial score (nSPS) is 10.4. The van der Waals surface area contributed by atoms with Crippen LogP contribution >= 0.6 is 11.3 Å². The van der Waals surface area contributed by atoms with E-state index in [0.717, 1.165) is 0 Å². The first-order valence-corrected chi connectivity index (χ1v) is 4.05. The molecule has 0 aromatic carbocycles. The van der Waals surface area contributed by atoms with Crippen molar-refractivity contribution in [1.82, 2.24) is 15.2 Å². The Morgan fingerprint density at radius 2 is 2.42 bits per heavy atom. The van der Waals surface area contributed by atoms with Gasteiger partial charge in [0.15, 0.2) is 11.6 Å². The molecule has 12 heavy (non-hydrogen) atoms. The van der Waals surface area contributed by atoms with E-state index in [-0.39, 0.29) is 5.82 Å². The number of nitrogens with zero attached hydrogens (tertiary/aromatic N) is 2. The van der Waals surface area contributed by atoms with E-state index >= 15 is 0 Å². The van der Waals surface area contributed by atoms with Crippen LogP contribution in [0.3, 0.4) is 0 Å². The monoisotopic (exact) mass is 184 g/mol. The van der Waals surface area contributed by atoms with Crippen LogP contribution in [-0.4, -0.2) is 15.2 Å². The molecule has 0 aliphatic heterocycles. The third kappa shape index (κ3) is 0.964. The first-order chi connectivity index (χ1) is 5.79. The lowest BCUT2D eigenvalue weighted by Crippen LogP contribution is -1.86. The van der Waals surface area contributed by atoms with Crippen LogP contribution in [0.2, 0.25) is 0 Å². The number of aromatic amines is 1. The number of aromatic nitrogens is 3. The van der Waals surface area contributed by atoms with Gasteiger partial charge in [0, 0.05) is 6.20 Å². The number of halogens is 1. The number of anilines is 1. The van der Waals surface area contributed by atoms with Crippen LogP contribution in [-0.2, 0) is 0 Å². The van der Waals surface area contributed by atoms with Gasteiger partial charge in [-0.1, -0.05) is 0 Å². The SMILES string of the molecule is Nc1n[nH]c(-c2cncs2)c1F. The number of hydrogen-bond donors (Lipinski definition) is 2. The van der Waals surface area contributed by atoms with Gasteiger partial charge in [-0.3, -0.25) is 10.1 Å². The zero-order chi connectivity index (χ0) is 8.55. The van der Waals surface area contributed by atoms with Gasteiger partial charge in [0.1, 0.15) is 5.69 Å². The Kier molecular flexibility index (Phi) is 1.54. The standard InChI is InChI=1S/C6H5FN4S/c7-4-5(10-11-6(4)8)3-1-9-2-12-3/h1-2H,(H3,8,10,11). The molecule has 0 saturated carbocycles. The maximum Gasteiger partial charge on any atom is 0.193 e. The highest BCUT2D eigenvalue weighted by Crippen LogP contribution is 2.25. The number of hydrogen-bond acceptors (Lipinski definition) is 4. The van der Waals surface area contributed by atoms with Gasteiger partial charge >= 0.3 is 0 Å². The molecule has 4 nitrogen and oxygen atoms in total. The molecule has 0 saturated heterocycles. The van der Waals surface area contributed by atoms with E-state index in [2.05, 4.69) is 15.2 Å². The highest BCUT2D eigenvalue weighted by atomic mass is 32.1. The van der Waals surface area contributed by atoms with Gasteiger partial charge in [-0.25, -0.2) is 4.39 Å². The van der Waals surface area contributed by atoms with Crippen LogP contribution < -0.4 is 5.73 Å². The minimum Gasteiger partial charge on any atom is -0.380 e. The molecule has 0 atom stereocenters. The molecule has 62 valence electrons. The minimum absolute atomic E-state index is 0.113. The van der Waals surface area contributed by atoms with E-state index < -0.39 is 5.82 Å². The van der Waals surface area contributed by atoms with Crippen molar-refractivity contribution in [1.29, 1.82) is 0 Å². The van der Waals surface area contributed by atoms with Gasteiger partial charge < -0.3 is 5.73 Å². The van der Waals surface area contributed by atoms with Crippen molar-refractivity contribution in [2.24, 2.45) is 0 Å². The van der Waals surface area contributed by atoms with Crippen LogP contribution in [0.1, 0.15) is 0 Å². The van der Waals surface area contributed by atoms with Crippen molar-refractivity contribution in [3.8, 4) is 10.6 Å². The van der Waals surface area contributed by atoms with Gasteiger partial charge in [-0.15, -0.1) is 11.3 Å². The van der Waals surface area contributed by atoms with Crippen molar-refractivity contribution in [3.05, 3.63) is 17.5 Å². The van der Waals surface area contributed by atoms with E-state index in [1.54, 1.807) is 11.7 Å². The van der Waals surface area contributed by atoms with Gasteiger partial charge in [-0.05, 0) is 0 Å². The number of nitrogen functional groups attached to an aromatic ring is 1. The highest BCUT2D eigenvalue weighted by molar-refractivity contribution is 7.13. The Morgan fingerprint density at radius 1 is 1.58 bits per heavy atom. The molecule has 6 heteroatoms. The summed E-state index contributed by atoms with van der Waals surface area (Å²) in [4.78, 5) is 4.50. The minimum atomic E-state index is -0.515. The predicted molar refractivity (Wildman–Crippen MR) is 44.1 cm³/mol. The quantitative estimate of drug-likeness (QED) is 0.701. The topological polar surface area (TPSA) is 67.6 Å². The molecule has 0 spiro atoms. The lowest BCUT2D eigenvalue weighted by Gasteiger charge is -1.88. The molecular formula is C6H5FN4S. The Labute approximate surface area is 71.3 Å². The molecular weight excluding hydrogens is 179 g/mol. The van der Waals surface area contributed by atoms with Gasteiger partial charge in [0.25, 0.3) is 0 Å². The van der Waals surface area contributed by atoms with Crippen molar-refractivity contribution in [2.45, 2.75) is 0 Å². The highest BCUT2D eigenvalue weighted by Gasteiger charge is 2.12. The van der Waals surface area contributed by atoms with Crippen molar-refractivity contribution >= 4 is 17.2 Å². The molecule has 0 unspecified atom stereocenters.